The minimum absolute atomic E-state index is 0.00773. The third-order valence-corrected chi connectivity index (χ3v) is 4.23. The van der Waals surface area contributed by atoms with Crippen LogP contribution in [0.5, 0.6) is 0 Å². The summed E-state index contributed by atoms with van der Waals surface area (Å²) in [7, 11) is 0. The summed E-state index contributed by atoms with van der Waals surface area (Å²) in [5.74, 6) is 0.760. The van der Waals surface area contributed by atoms with Gasteiger partial charge in [-0.15, -0.1) is 0 Å². The first kappa shape index (κ1) is 15.6. The molecule has 1 saturated heterocycles. The highest BCUT2D eigenvalue weighted by molar-refractivity contribution is 6.33. The number of carbonyl (C=O) groups excluding carboxylic acids is 1. The highest BCUT2D eigenvalue weighted by Crippen LogP contribution is 2.23. The molecule has 1 amide bonds. The number of carbonyl (C=O) groups is 1. The lowest BCUT2D eigenvalue weighted by Gasteiger charge is -2.21. The lowest BCUT2D eigenvalue weighted by molar-refractivity contribution is 0.0759. The molecule has 1 fully saturated rings. The van der Waals surface area contributed by atoms with Crippen molar-refractivity contribution in [2.24, 2.45) is 5.92 Å². The number of hydrogen-bond donors (Lipinski definition) is 0. The second kappa shape index (κ2) is 7.28. The Morgan fingerprint density at radius 2 is 2.00 bits per heavy atom. The van der Waals surface area contributed by atoms with Gasteiger partial charge >= 0.3 is 0 Å². The Kier molecular flexibility index (Phi) is 5.67. The number of likely N-dealkylation sites (tertiary alicyclic amines) is 1. The highest BCUT2D eigenvalue weighted by atomic mass is 35.5. The Balaban J connectivity index is 2.05. The van der Waals surface area contributed by atoms with E-state index in [1.165, 1.54) is 19.3 Å². The van der Waals surface area contributed by atoms with E-state index in [1.807, 2.05) is 4.90 Å². The van der Waals surface area contributed by atoms with E-state index in [9.17, 15) is 4.79 Å². The molecule has 2 heterocycles. The fourth-order valence-corrected chi connectivity index (χ4v) is 3.30. The van der Waals surface area contributed by atoms with Crippen LogP contribution in [0.25, 0.3) is 0 Å². The summed E-state index contributed by atoms with van der Waals surface area (Å²) >= 11 is 11.7. The zero-order valence-corrected chi connectivity index (χ0v) is 13.3. The van der Waals surface area contributed by atoms with Gasteiger partial charge in [-0.25, -0.2) is 4.98 Å². The van der Waals surface area contributed by atoms with Gasteiger partial charge < -0.3 is 4.90 Å². The van der Waals surface area contributed by atoms with Gasteiger partial charge in [0.15, 0.2) is 0 Å². The van der Waals surface area contributed by atoms with Crippen molar-refractivity contribution in [3.8, 4) is 0 Å². The van der Waals surface area contributed by atoms with E-state index >= 15 is 0 Å². The van der Waals surface area contributed by atoms with Crippen molar-refractivity contribution in [2.75, 3.05) is 13.1 Å². The molecule has 0 aromatic carbocycles. The van der Waals surface area contributed by atoms with E-state index in [1.54, 1.807) is 12.1 Å². The van der Waals surface area contributed by atoms with Gasteiger partial charge in [0.25, 0.3) is 5.91 Å². The Labute approximate surface area is 130 Å². The fourth-order valence-electron chi connectivity index (χ4n) is 2.84. The second-order valence-electron chi connectivity index (χ2n) is 5.38. The summed E-state index contributed by atoms with van der Waals surface area (Å²) in [6.45, 7) is 3.85. The molecule has 1 unspecified atom stereocenters. The van der Waals surface area contributed by atoms with Crippen LogP contribution in [-0.4, -0.2) is 28.9 Å². The largest absolute Gasteiger partial charge is 0.339 e. The van der Waals surface area contributed by atoms with Crippen molar-refractivity contribution < 1.29 is 4.79 Å². The van der Waals surface area contributed by atoms with Crippen LogP contribution < -0.4 is 0 Å². The second-order valence-corrected chi connectivity index (χ2v) is 6.15. The lowest BCUT2D eigenvalue weighted by atomic mass is 9.96. The molecule has 1 aromatic heterocycles. The third-order valence-electron chi connectivity index (χ3n) is 3.84. The Morgan fingerprint density at radius 1 is 1.30 bits per heavy atom. The van der Waals surface area contributed by atoms with Crippen LogP contribution in [0.15, 0.2) is 12.1 Å². The molecule has 1 aromatic rings. The van der Waals surface area contributed by atoms with Gasteiger partial charge in [-0.1, -0.05) is 43.0 Å². The van der Waals surface area contributed by atoms with E-state index in [2.05, 4.69) is 11.9 Å². The molecule has 1 aliphatic rings. The van der Waals surface area contributed by atoms with Crippen molar-refractivity contribution >= 4 is 29.1 Å². The molecule has 0 saturated carbocycles. The Hall–Kier alpha value is -0.800. The number of pyridine rings is 1. The summed E-state index contributed by atoms with van der Waals surface area (Å²) in [6.07, 6.45) is 5.85. The fraction of sp³-hybridized carbons (Fsp3) is 0.600. The first-order valence-corrected chi connectivity index (χ1v) is 7.98. The predicted octanol–water partition coefficient (Wildman–Crippen LogP) is 4.43. The van der Waals surface area contributed by atoms with Gasteiger partial charge in [0.1, 0.15) is 10.3 Å². The van der Waals surface area contributed by atoms with Crippen LogP contribution in [0.4, 0.5) is 0 Å². The average molecular weight is 315 g/mol. The van der Waals surface area contributed by atoms with Crippen LogP contribution in [0.3, 0.4) is 0 Å². The van der Waals surface area contributed by atoms with Crippen molar-refractivity contribution in [3.63, 3.8) is 0 Å². The molecule has 3 nitrogen and oxygen atoms in total. The molecule has 0 spiro atoms. The maximum atomic E-state index is 12.5. The van der Waals surface area contributed by atoms with E-state index in [0.717, 1.165) is 31.8 Å². The topological polar surface area (TPSA) is 33.2 Å². The third kappa shape index (κ3) is 4.10. The quantitative estimate of drug-likeness (QED) is 0.773. The molecular formula is C15H20Cl2N2O. The van der Waals surface area contributed by atoms with Crippen molar-refractivity contribution in [1.82, 2.24) is 9.88 Å². The number of rotatable bonds is 3. The van der Waals surface area contributed by atoms with Gasteiger partial charge in [-0.2, -0.15) is 0 Å². The van der Waals surface area contributed by atoms with Gasteiger partial charge in [-0.3, -0.25) is 4.79 Å². The molecule has 2 rings (SSSR count). The Morgan fingerprint density at radius 3 is 2.65 bits per heavy atom. The van der Waals surface area contributed by atoms with Crippen molar-refractivity contribution in [3.05, 3.63) is 28.0 Å². The van der Waals surface area contributed by atoms with E-state index in [4.69, 9.17) is 23.2 Å². The van der Waals surface area contributed by atoms with Gasteiger partial charge in [-0.05, 0) is 37.3 Å². The number of hydrogen-bond acceptors (Lipinski definition) is 2. The summed E-state index contributed by atoms with van der Waals surface area (Å²) in [4.78, 5) is 18.3. The standard InChI is InChI=1S/C15H20Cl2N2O/c1-2-4-11-5-3-7-19(8-6-11)15(20)12-9-13(16)18-14(17)10-12/h9-11H,2-8H2,1H3. The molecule has 0 bridgehead atoms. The molecule has 20 heavy (non-hydrogen) atoms. The summed E-state index contributed by atoms with van der Waals surface area (Å²) in [5.41, 5.74) is 0.531. The van der Waals surface area contributed by atoms with Gasteiger partial charge in [0.05, 0.1) is 0 Å². The number of aromatic nitrogens is 1. The number of amides is 1. The van der Waals surface area contributed by atoms with Crippen LogP contribution in [0.1, 0.15) is 49.4 Å². The predicted molar refractivity (Wildman–Crippen MR) is 82.4 cm³/mol. The van der Waals surface area contributed by atoms with Crippen LogP contribution in [0.2, 0.25) is 10.3 Å². The first-order chi connectivity index (χ1) is 9.60. The Bertz CT molecular complexity index is 459. The molecule has 110 valence electrons. The molecule has 1 atom stereocenters. The van der Waals surface area contributed by atoms with E-state index < -0.39 is 0 Å². The lowest BCUT2D eigenvalue weighted by Crippen LogP contribution is -2.32. The van der Waals surface area contributed by atoms with Crippen molar-refractivity contribution in [1.29, 1.82) is 0 Å². The smallest absolute Gasteiger partial charge is 0.254 e. The minimum Gasteiger partial charge on any atom is -0.339 e. The zero-order valence-electron chi connectivity index (χ0n) is 11.7. The first-order valence-electron chi connectivity index (χ1n) is 7.22. The van der Waals surface area contributed by atoms with Gasteiger partial charge in [0, 0.05) is 18.7 Å². The average Bonchev–Trinajstić information content (AvgIpc) is 2.63. The van der Waals surface area contributed by atoms with Crippen molar-refractivity contribution in [2.45, 2.75) is 39.0 Å². The molecular weight excluding hydrogens is 295 g/mol. The van der Waals surface area contributed by atoms with Crippen LogP contribution in [0, 0.1) is 5.92 Å². The van der Waals surface area contributed by atoms with Gasteiger partial charge in [0.2, 0.25) is 0 Å². The monoisotopic (exact) mass is 314 g/mol. The molecule has 0 aliphatic carbocycles. The number of halogens is 2. The number of nitrogens with zero attached hydrogens (tertiary/aromatic N) is 2. The van der Waals surface area contributed by atoms with Crippen LogP contribution in [-0.2, 0) is 0 Å². The molecule has 1 aliphatic heterocycles. The minimum atomic E-state index is 0.00773. The summed E-state index contributed by atoms with van der Waals surface area (Å²) < 4.78 is 0. The van der Waals surface area contributed by atoms with E-state index in [-0.39, 0.29) is 16.2 Å². The zero-order chi connectivity index (χ0) is 14.5. The van der Waals surface area contributed by atoms with Crippen LogP contribution >= 0.6 is 23.2 Å². The molecule has 5 heteroatoms. The SMILES string of the molecule is CCCC1CCCN(C(=O)c2cc(Cl)nc(Cl)c2)CC1. The van der Waals surface area contributed by atoms with E-state index in [0.29, 0.717) is 5.56 Å². The summed E-state index contributed by atoms with van der Waals surface area (Å²) in [5, 5.41) is 0.527. The molecule has 0 N–H and O–H groups in total. The summed E-state index contributed by atoms with van der Waals surface area (Å²) in [6, 6.07) is 3.17. The maximum Gasteiger partial charge on any atom is 0.254 e. The highest BCUT2D eigenvalue weighted by Gasteiger charge is 2.21. The normalized spacial score (nSPS) is 19.8. The molecule has 0 radical (unpaired) electrons. The maximum absolute atomic E-state index is 12.5.